The minimum Gasteiger partial charge on any atom is -0.494 e. The maximum atomic E-state index is 12.5. The monoisotopic (exact) mass is 449 g/mol. The Bertz CT molecular complexity index is 760. The van der Waals surface area contributed by atoms with Crippen LogP contribution in [-0.2, 0) is 14.3 Å². The van der Waals surface area contributed by atoms with Crippen molar-refractivity contribution in [3.63, 3.8) is 0 Å². The molecule has 0 spiro atoms. The summed E-state index contributed by atoms with van der Waals surface area (Å²) < 4.78 is 16.2. The number of carbonyl (C=O) groups excluding carboxylic acids is 3. The zero-order valence-electron chi connectivity index (χ0n) is 19.5. The van der Waals surface area contributed by atoms with E-state index >= 15 is 0 Å². The molecule has 3 amide bonds. The van der Waals surface area contributed by atoms with E-state index in [1.807, 2.05) is 6.92 Å². The van der Waals surface area contributed by atoms with E-state index in [0.29, 0.717) is 45.0 Å². The molecule has 0 bridgehead atoms. The summed E-state index contributed by atoms with van der Waals surface area (Å²) in [5.41, 5.74) is -0.578. The van der Waals surface area contributed by atoms with Crippen molar-refractivity contribution in [1.29, 1.82) is 0 Å². The van der Waals surface area contributed by atoms with E-state index in [2.05, 4.69) is 5.32 Å². The molecule has 1 N–H and O–H groups in total. The van der Waals surface area contributed by atoms with Crippen LogP contribution in [0.3, 0.4) is 0 Å². The minimum absolute atomic E-state index is 0.0538. The molecule has 1 aliphatic heterocycles. The Balaban J connectivity index is 1.71. The summed E-state index contributed by atoms with van der Waals surface area (Å²) in [6, 6.07) is 7.14. The summed E-state index contributed by atoms with van der Waals surface area (Å²) in [7, 11) is 0. The van der Waals surface area contributed by atoms with Crippen LogP contribution in [0.25, 0.3) is 0 Å². The zero-order valence-corrected chi connectivity index (χ0v) is 19.5. The molecule has 0 radical (unpaired) electrons. The first-order chi connectivity index (χ1) is 15.2. The fraction of sp³-hybridized carbons (Fsp3) is 0.609. The second-order valence-corrected chi connectivity index (χ2v) is 8.49. The second-order valence-electron chi connectivity index (χ2n) is 8.49. The van der Waals surface area contributed by atoms with Crippen molar-refractivity contribution in [3.8, 4) is 11.5 Å². The van der Waals surface area contributed by atoms with Crippen LogP contribution in [0.2, 0.25) is 0 Å². The molecule has 1 aromatic rings. The van der Waals surface area contributed by atoms with Gasteiger partial charge < -0.3 is 29.3 Å². The molecule has 9 nitrogen and oxygen atoms in total. The highest BCUT2D eigenvalue weighted by molar-refractivity contribution is 5.79. The molecule has 1 aliphatic rings. The van der Waals surface area contributed by atoms with Crippen LogP contribution in [0.5, 0.6) is 11.5 Å². The average Bonchev–Trinajstić information content (AvgIpc) is 2.98. The third kappa shape index (κ3) is 9.03. The average molecular weight is 450 g/mol. The zero-order chi connectivity index (χ0) is 23.6. The Morgan fingerprint density at radius 2 is 1.47 bits per heavy atom. The van der Waals surface area contributed by atoms with Gasteiger partial charge in [-0.3, -0.25) is 9.59 Å². The summed E-state index contributed by atoms with van der Waals surface area (Å²) >= 11 is 0. The predicted molar refractivity (Wildman–Crippen MR) is 120 cm³/mol. The van der Waals surface area contributed by atoms with Crippen molar-refractivity contribution in [1.82, 2.24) is 15.1 Å². The Labute approximate surface area is 190 Å². The van der Waals surface area contributed by atoms with Crippen molar-refractivity contribution in [3.05, 3.63) is 24.3 Å². The van der Waals surface area contributed by atoms with Gasteiger partial charge in [-0.15, -0.1) is 0 Å². The summed E-state index contributed by atoms with van der Waals surface area (Å²) in [6.07, 6.45) is 0.346. The number of hydrogen-bond donors (Lipinski definition) is 1. The molecular weight excluding hydrogens is 414 g/mol. The molecule has 1 heterocycles. The van der Waals surface area contributed by atoms with Gasteiger partial charge in [-0.25, -0.2) is 4.79 Å². The third-order valence-corrected chi connectivity index (χ3v) is 4.71. The van der Waals surface area contributed by atoms with Gasteiger partial charge in [0.15, 0.2) is 6.61 Å². The highest BCUT2D eigenvalue weighted by atomic mass is 16.6. The Kier molecular flexibility index (Phi) is 9.61. The molecule has 0 atom stereocenters. The highest BCUT2D eigenvalue weighted by Crippen LogP contribution is 2.17. The van der Waals surface area contributed by atoms with Gasteiger partial charge in [0.25, 0.3) is 5.91 Å². The second kappa shape index (κ2) is 12.2. The lowest BCUT2D eigenvalue weighted by atomic mass is 10.2. The number of carbonyl (C=O) groups is 3. The normalized spacial score (nSPS) is 14.4. The van der Waals surface area contributed by atoms with Crippen molar-refractivity contribution < 1.29 is 28.6 Å². The molecule has 2 rings (SSSR count). The molecular formula is C23H35N3O6. The van der Waals surface area contributed by atoms with E-state index < -0.39 is 11.7 Å². The molecule has 0 aliphatic carbocycles. The highest BCUT2D eigenvalue weighted by Gasteiger charge is 2.22. The molecule has 0 unspecified atom stereocenters. The number of hydrogen-bond acceptors (Lipinski definition) is 6. The summed E-state index contributed by atoms with van der Waals surface area (Å²) in [5.74, 6) is 1.19. The smallest absolute Gasteiger partial charge is 0.407 e. The number of amides is 3. The lowest BCUT2D eigenvalue weighted by Crippen LogP contribution is -2.40. The van der Waals surface area contributed by atoms with E-state index in [1.54, 1.807) is 54.8 Å². The third-order valence-electron chi connectivity index (χ3n) is 4.71. The van der Waals surface area contributed by atoms with Gasteiger partial charge in [0.05, 0.1) is 6.61 Å². The Hall–Kier alpha value is -2.97. The predicted octanol–water partition coefficient (Wildman–Crippen LogP) is 2.44. The summed E-state index contributed by atoms with van der Waals surface area (Å²) in [5, 5.41) is 2.60. The van der Waals surface area contributed by atoms with Crippen molar-refractivity contribution >= 4 is 17.9 Å². The number of nitrogens with one attached hydrogen (secondary N) is 1. The van der Waals surface area contributed by atoms with Gasteiger partial charge in [0.2, 0.25) is 5.91 Å². The number of alkyl carbamates (subject to hydrolysis) is 1. The van der Waals surface area contributed by atoms with E-state index in [4.69, 9.17) is 14.2 Å². The quantitative estimate of drug-likeness (QED) is 0.655. The van der Waals surface area contributed by atoms with E-state index in [0.717, 1.165) is 5.75 Å². The first-order valence-corrected chi connectivity index (χ1v) is 11.1. The van der Waals surface area contributed by atoms with Crippen LogP contribution in [0.1, 0.15) is 40.5 Å². The largest absolute Gasteiger partial charge is 0.494 e. The van der Waals surface area contributed by atoms with Crippen molar-refractivity contribution in [2.45, 2.75) is 46.1 Å². The molecule has 0 aromatic heterocycles. The standard InChI is InChI=1S/C23H35N3O6/c1-5-30-18-7-9-19(10-8-18)31-17-21(28)26-14-6-13-25(15-16-26)20(27)11-12-24-22(29)32-23(2,3)4/h7-10H,5-6,11-17H2,1-4H3,(H,24,29). The Morgan fingerprint density at radius 3 is 2.03 bits per heavy atom. The first kappa shape index (κ1) is 25.3. The lowest BCUT2D eigenvalue weighted by molar-refractivity contribution is -0.134. The van der Waals surface area contributed by atoms with Crippen LogP contribution in [0, 0.1) is 0 Å². The molecule has 9 heteroatoms. The maximum absolute atomic E-state index is 12.5. The van der Waals surface area contributed by atoms with Gasteiger partial charge >= 0.3 is 6.09 Å². The van der Waals surface area contributed by atoms with Gasteiger partial charge in [-0.2, -0.15) is 0 Å². The Morgan fingerprint density at radius 1 is 0.906 bits per heavy atom. The first-order valence-electron chi connectivity index (χ1n) is 11.1. The fourth-order valence-electron chi connectivity index (χ4n) is 3.20. The van der Waals surface area contributed by atoms with Gasteiger partial charge in [-0.05, 0) is 58.4 Å². The lowest BCUT2D eigenvalue weighted by Gasteiger charge is -2.23. The van der Waals surface area contributed by atoms with E-state index in [1.165, 1.54) is 0 Å². The topological polar surface area (TPSA) is 97.4 Å². The van der Waals surface area contributed by atoms with Crippen LogP contribution < -0.4 is 14.8 Å². The van der Waals surface area contributed by atoms with E-state index in [9.17, 15) is 14.4 Å². The number of nitrogens with zero attached hydrogens (tertiary/aromatic N) is 2. The van der Waals surface area contributed by atoms with Crippen molar-refractivity contribution in [2.75, 3.05) is 45.9 Å². The molecule has 1 fully saturated rings. The van der Waals surface area contributed by atoms with Gasteiger partial charge in [0.1, 0.15) is 17.1 Å². The molecule has 1 saturated heterocycles. The number of benzene rings is 1. The molecule has 0 saturated carbocycles. The van der Waals surface area contributed by atoms with Crippen LogP contribution in [0.15, 0.2) is 24.3 Å². The van der Waals surface area contributed by atoms with Crippen LogP contribution in [0.4, 0.5) is 4.79 Å². The molecule has 32 heavy (non-hydrogen) atoms. The maximum Gasteiger partial charge on any atom is 0.407 e. The number of ether oxygens (including phenoxy) is 3. The van der Waals surface area contributed by atoms with Crippen LogP contribution in [-0.4, -0.2) is 79.2 Å². The molecule has 178 valence electrons. The SMILES string of the molecule is CCOc1ccc(OCC(=O)N2CCCN(C(=O)CCNC(=O)OC(C)(C)C)CC2)cc1. The minimum atomic E-state index is -0.578. The van der Waals surface area contributed by atoms with Crippen LogP contribution >= 0.6 is 0 Å². The summed E-state index contributed by atoms with van der Waals surface area (Å²) in [4.78, 5) is 40.2. The molecule has 1 aromatic carbocycles. The van der Waals surface area contributed by atoms with E-state index in [-0.39, 0.29) is 31.4 Å². The number of rotatable bonds is 8. The summed E-state index contributed by atoms with van der Waals surface area (Å²) in [6.45, 7) is 10.1. The van der Waals surface area contributed by atoms with Crippen molar-refractivity contribution in [2.24, 2.45) is 0 Å². The fourth-order valence-corrected chi connectivity index (χ4v) is 3.20. The van der Waals surface area contributed by atoms with Gasteiger partial charge in [-0.1, -0.05) is 0 Å². The van der Waals surface area contributed by atoms with Gasteiger partial charge in [0, 0.05) is 39.1 Å².